The van der Waals surface area contributed by atoms with Gasteiger partial charge in [0.1, 0.15) is 0 Å². The lowest BCUT2D eigenvalue weighted by Gasteiger charge is -2.24. The summed E-state index contributed by atoms with van der Waals surface area (Å²) < 4.78 is 1.21. The Labute approximate surface area is 90.8 Å². The average Bonchev–Trinajstić information content (AvgIpc) is 2.00. The van der Waals surface area contributed by atoms with E-state index in [9.17, 15) is 0 Å². The molecule has 0 aliphatic rings. The Morgan fingerprint density at radius 1 is 1.25 bits per heavy atom. The summed E-state index contributed by atoms with van der Waals surface area (Å²) in [6.45, 7) is 9.10. The first-order valence-electron chi connectivity index (χ1n) is 4.93. The summed E-state index contributed by atoms with van der Waals surface area (Å²) in [5, 5.41) is 3.66. The molecule has 2 atom stereocenters. The van der Waals surface area contributed by atoms with Gasteiger partial charge in [0.2, 0.25) is 0 Å². The Bertz CT molecular complexity index is 104. The van der Waals surface area contributed by atoms with Crippen LogP contribution in [0.15, 0.2) is 0 Å². The SMILES string of the molecule is CCCC(C)NC(CI)C(C)C. The van der Waals surface area contributed by atoms with Crippen molar-refractivity contribution in [2.24, 2.45) is 5.92 Å². The molecule has 0 spiro atoms. The van der Waals surface area contributed by atoms with E-state index in [0.717, 1.165) is 5.92 Å². The molecule has 0 aromatic carbocycles. The summed E-state index contributed by atoms with van der Waals surface area (Å²) in [4.78, 5) is 0. The Hall–Kier alpha value is 0.690. The van der Waals surface area contributed by atoms with Gasteiger partial charge in [-0.1, -0.05) is 49.8 Å². The molecule has 0 rings (SSSR count). The van der Waals surface area contributed by atoms with Crippen LogP contribution in [-0.4, -0.2) is 16.5 Å². The van der Waals surface area contributed by atoms with Crippen LogP contribution in [0, 0.1) is 5.92 Å². The van der Waals surface area contributed by atoms with E-state index in [0.29, 0.717) is 12.1 Å². The number of nitrogens with one attached hydrogen (secondary N) is 1. The third-order valence-electron chi connectivity index (χ3n) is 2.19. The summed E-state index contributed by atoms with van der Waals surface area (Å²) in [7, 11) is 0. The monoisotopic (exact) mass is 283 g/mol. The molecule has 12 heavy (non-hydrogen) atoms. The van der Waals surface area contributed by atoms with Crippen LogP contribution >= 0.6 is 22.6 Å². The summed E-state index contributed by atoms with van der Waals surface area (Å²) in [5.41, 5.74) is 0. The van der Waals surface area contributed by atoms with Crippen molar-refractivity contribution in [3.05, 3.63) is 0 Å². The van der Waals surface area contributed by atoms with Crippen molar-refractivity contribution in [1.82, 2.24) is 5.32 Å². The highest BCUT2D eigenvalue weighted by Crippen LogP contribution is 2.07. The standard InChI is InChI=1S/C10H22IN/c1-5-6-9(4)12-10(7-11)8(2)3/h8-10,12H,5-7H2,1-4H3. The molecular weight excluding hydrogens is 261 g/mol. The number of halogens is 1. The second-order valence-electron chi connectivity index (χ2n) is 3.86. The van der Waals surface area contributed by atoms with Crippen LogP contribution in [0.3, 0.4) is 0 Å². The highest BCUT2D eigenvalue weighted by molar-refractivity contribution is 14.1. The smallest absolute Gasteiger partial charge is 0.0182 e. The topological polar surface area (TPSA) is 12.0 Å². The van der Waals surface area contributed by atoms with Gasteiger partial charge in [0.05, 0.1) is 0 Å². The van der Waals surface area contributed by atoms with Gasteiger partial charge in [0, 0.05) is 16.5 Å². The Kier molecular flexibility index (Phi) is 7.54. The minimum absolute atomic E-state index is 0.678. The molecule has 1 nitrogen and oxygen atoms in total. The molecule has 0 aliphatic heterocycles. The van der Waals surface area contributed by atoms with Gasteiger partial charge in [-0.15, -0.1) is 0 Å². The van der Waals surface area contributed by atoms with E-state index in [1.807, 2.05) is 0 Å². The van der Waals surface area contributed by atoms with Crippen LogP contribution in [0.25, 0.3) is 0 Å². The molecule has 74 valence electrons. The second kappa shape index (κ2) is 7.13. The van der Waals surface area contributed by atoms with Crippen molar-refractivity contribution in [3.8, 4) is 0 Å². The average molecular weight is 283 g/mol. The molecular formula is C10H22IN. The predicted molar refractivity (Wildman–Crippen MR) is 65.0 cm³/mol. The van der Waals surface area contributed by atoms with Gasteiger partial charge in [0.15, 0.2) is 0 Å². The molecule has 0 aromatic rings. The van der Waals surface area contributed by atoms with Crippen LogP contribution < -0.4 is 5.32 Å². The molecule has 0 saturated heterocycles. The van der Waals surface area contributed by atoms with E-state index in [4.69, 9.17) is 0 Å². The fraction of sp³-hybridized carbons (Fsp3) is 1.00. The van der Waals surface area contributed by atoms with E-state index in [1.165, 1.54) is 17.3 Å². The fourth-order valence-corrected chi connectivity index (χ4v) is 2.57. The minimum atomic E-state index is 0.678. The molecule has 0 aliphatic carbocycles. The van der Waals surface area contributed by atoms with Gasteiger partial charge in [0.25, 0.3) is 0 Å². The highest BCUT2D eigenvalue weighted by atomic mass is 127. The molecule has 2 unspecified atom stereocenters. The first-order chi connectivity index (χ1) is 5.61. The van der Waals surface area contributed by atoms with Crippen molar-refractivity contribution < 1.29 is 0 Å². The Morgan fingerprint density at radius 3 is 2.17 bits per heavy atom. The zero-order valence-corrected chi connectivity index (χ0v) is 10.9. The number of rotatable bonds is 6. The number of hydrogen-bond donors (Lipinski definition) is 1. The third-order valence-corrected chi connectivity index (χ3v) is 3.14. The maximum absolute atomic E-state index is 3.66. The summed E-state index contributed by atoms with van der Waals surface area (Å²) >= 11 is 2.46. The molecule has 0 fully saturated rings. The first-order valence-corrected chi connectivity index (χ1v) is 6.46. The van der Waals surface area contributed by atoms with Gasteiger partial charge in [-0.3, -0.25) is 0 Å². The molecule has 1 N–H and O–H groups in total. The normalized spacial score (nSPS) is 16.5. The lowest BCUT2D eigenvalue weighted by Crippen LogP contribution is -2.41. The lowest BCUT2D eigenvalue weighted by atomic mass is 10.0. The minimum Gasteiger partial charge on any atom is -0.310 e. The van der Waals surface area contributed by atoms with Crippen LogP contribution in [0.2, 0.25) is 0 Å². The lowest BCUT2D eigenvalue weighted by molar-refractivity contribution is 0.379. The van der Waals surface area contributed by atoms with Crippen LogP contribution in [0.4, 0.5) is 0 Å². The zero-order valence-electron chi connectivity index (χ0n) is 8.73. The van der Waals surface area contributed by atoms with E-state index in [2.05, 4.69) is 55.6 Å². The maximum atomic E-state index is 3.66. The van der Waals surface area contributed by atoms with Gasteiger partial charge in [-0.2, -0.15) is 0 Å². The van der Waals surface area contributed by atoms with E-state index in [-0.39, 0.29) is 0 Å². The third kappa shape index (κ3) is 5.36. The molecule has 0 aromatic heterocycles. The molecule has 0 amide bonds. The van der Waals surface area contributed by atoms with E-state index < -0.39 is 0 Å². The summed E-state index contributed by atoms with van der Waals surface area (Å²) in [6, 6.07) is 1.37. The van der Waals surface area contributed by atoms with Crippen molar-refractivity contribution in [3.63, 3.8) is 0 Å². The Balaban J connectivity index is 3.69. The van der Waals surface area contributed by atoms with Crippen molar-refractivity contribution >= 4 is 22.6 Å². The Morgan fingerprint density at radius 2 is 1.83 bits per heavy atom. The zero-order chi connectivity index (χ0) is 9.56. The van der Waals surface area contributed by atoms with Crippen molar-refractivity contribution in [1.29, 1.82) is 0 Å². The quantitative estimate of drug-likeness (QED) is 0.583. The largest absolute Gasteiger partial charge is 0.310 e. The molecule has 0 saturated carbocycles. The second-order valence-corrected chi connectivity index (χ2v) is 4.74. The van der Waals surface area contributed by atoms with Gasteiger partial charge < -0.3 is 5.32 Å². The van der Waals surface area contributed by atoms with Gasteiger partial charge in [-0.05, 0) is 19.3 Å². The summed E-state index contributed by atoms with van der Waals surface area (Å²) in [5.74, 6) is 0.751. The predicted octanol–water partition coefficient (Wildman–Crippen LogP) is 3.22. The van der Waals surface area contributed by atoms with Crippen LogP contribution in [0.5, 0.6) is 0 Å². The highest BCUT2D eigenvalue weighted by Gasteiger charge is 2.13. The number of hydrogen-bond acceptors (Lipinski definition) is 1. The van der Waals surface area contributed by atoms with E-state index in [1.54, 1.807) is 0 Å². The maximum Gasteiger partial charge on any atom is 0.0182 e. The molecule has 0 bridgehead atoms. The van der Waals surface area contributed by atoms with Crippen LogP contribution in [-0.2, 0) is 0 Å². The molecule has 0 heterocycles. The van der Waals surface area contributed by atoms with Crippen molar-refractivity contribution in [2.75, 3.05) is 4.43 Å². The van der Waals surface area contributed by atoms with Crippen LogP contribution in [0.1, 0.15) is 40.5 Å². The first kappa shape index (κ1) is 12.7. The fourth-order valence-electron chi connectivity index (χ4n) is 1.30. The molecule has 2 heteroatoms. The van der Waals surface area contributed by atoms with Gasteiger partial charge in [-0.25, -0.2) is 0 Å². The van der Waals surface area contributed by atoms with Gasteiger partial charge >= 0.3 is 0 Å². The summed E-state index contributed by atoms with van der Waals surface area (Å²) in [6.07, 6.45) is 2.57. The van der Waals surface area contributed by atoms with E-state index >= 15 is 0 Å². The number of alkyl halides is 1. The molecule has 0 radical (unpaired) electrons. The van der Waals surface area contributed by atoms with Crippen molar-refractivity contribution in [2.45, 2.75) is 52.6 Å².